The molecule has 5 N–H and O–H groups in total. The number of hydrogen-bond donors (Lipinski definition) is 3. The van der Waals surface area contributed by atoms with Crippen LogP contribution < -0.4 is 16.8 Å². The monoisotopic (exact) mass is 650 g/mol. The summed E-state index contributed by atoms with van der Waals surface area (Å²) in [5.74, 6) is 6.32. The highest BCUT2D eigenvalue weighted by Gasteiger charge is 2.42. The number of nitrogens with two attached hydrogens (primary N) is 2. The van der Waals surface area contributed by atoms with Crippen LogP contribution in [0.2, 0.25) is 0 Å². The molecular formula is C45H67N3. The topological polar surface area (TPSA) is 64.1 Å². The molecule has 6 aliphatic carbocycles. The average molecular weight is 650 g/mol. The van der Waals surface area contributed by atoms with Gasteiger partial charge in [-0.1, -0.05) is 109 Å². The normalized spacial score (nSPS) is 35.9. The highest BCUT2D eigenvalue weighted by Crippen LogP contribution is 2.51. The molecule has 10 atom stereocenters. The third kappa shape index (κ3) is 8.39. The Morgan fingerprint density at radius 1 is 0.896 bits per heavy atom. The molecule has 2 saturated carbocycles. The summed E-state index contributed by atoms with van der Waals surface area (Å²) < 4.78 is 0. The van der Waals surface area contributed by atoms with Gasteiger partial charge in [0.15, 0.2) is 0 Å². The van der Waals surface area contributed by atoms with Crippen LogP contribution in [0.4, 0.5) is 0 Å². The molecule has 48 heavy (non-hydrogen) atoms. The molecule has 0 amide bonds. The minimum atomic E-state index is 0.485. The molecule has 3 nitrogen and oxygen atoms in total. The Labute approximate surface area is 293 Å². The number of allylic oxidation sites excluding steroid dienone is 12. The van der Waals surface area contributed by atoms with Gasteiger partial charge in [-0.05, 0) is 143 Å². The van der Waals surface area contributed by atoms with E-state index in [9.17, 15) is 0 Å². The van der Waals surface area contributed by atoms with Crippen LogP contribution in [0.5, 0.6) is 0 Å². The third-order valence-corrected chi connectivity index (χ3v) is 13.5. The molecule has 0 aromatic carbocycles. The lowest BCUT2D eigenvalue weighted by atomic mass is 9.58. The molecule has 0 aromatic heterocycles. The summed E-state index contributed by atoms with van der Waals surface area (Å²) in [6.07, 6.45) is 47.2. The zero-order chi connectivity index (χ0) is 33.3. The second-order valence-electron chi connectivity index (χ2n) is 16.2. The molecule has 262 valence electrons. The second kappa shape index (κ2) is 17.6. The van der Waals surface area contributed by atoms with E-state index in [4.69, 9.17) is 11.5 Å². The van der Waals surface area contributed by atoms with Crippen molar-refractivity contribution in [1.29, 1.82) is 0 Å². The fourth-order valence-electron chi connectivity index (χ4n) is 10.9. The van der Waals surface area contributed by atoms with Gasteiger partial charge in [0.2, 0.25) is 0 Å². The van der Waals surface area contributed by atoms with Gasteiger partial charge in [-0.2, -0.15) is 0 Å². The van der Waals surface area contributed by atoms with Crippen molar-refractivity contribution in [2.75, 3.05) is 19.6 Å². The van der Waals surface area contributed by atoms with E-state index in [2.05, 4.69) is 92.1 Å². The lowest BCUT2D eigenvalue weighted by molar-refractivity contribution is 0.0804. The van der Waals surface area contributed by atoms with E-state index in [1.54, 1.807) is 16.7 Å². The molecule has 0 aliphatic heterocycles. The molecule has 0 spiro atoms. The van der Waals surface area contributed by atoms with Gasteiger partial charge in [-0.15, -0.1) is 0 Å². The van der Waals surface area contributed by atoms with Crippen LogP contribution in [0, 0.1) is 53.3 Å². The molecule has 0 aromatic rings. The Morgan fingerprint density at radius 2 is 1.71 bits per heavy atom. The van der Waals surface area contributed by atoms with Gasteiger partial charge in [-0.25, -0.2) is 0 Å². The molecule has 6 aliphatic rings. The van der Waals surface area contributed by atoms with Gasteiger partial charge < -0.3 is 16.8 Å². The van der Waals surface area contributed by atoms with Crippen LogP contribution in [-0.2, 0) is 0 Å². The predicted octanol–water partition coefficient (Wildman–Crippen LogP) is 9.92. The molecule has 0 heterocycles. The smallest absolute Gasteiger partial charge is 0.0258 e. The van der Waals surface area contributed by atoms with Crippen molar-refractivity contribution in [3.63, 3.8) is 0 Å². The van der Waals surface area contributed by atoms with Gasteiger partial charge in [-0.3, -0.25) is 0 Å². The number of nitrogens with one attached hydrogen (secondary N) is 1. The first-order valence-corrected chi connectivity index (χ1v) is 20.2. The summed E-state index contributed by atoms with van der Waals surface area (Å²) in [5.41, 5.74) is 18.7. The molecule has 0 bridgehead atoms. The summed E-state index contributed by atoms with van der Waals surface area (Å²) in [4.78, 5) is 0. The molecule has 6 rings (SSSR count). The summed E-state index contributed by atoms with van der Waals surface area (Å²) >= 11 is 0. The summed E-state index contributed by atoms with van der Waals surface area (Å²) in [6, 6.07) is 0.485. The maximum atomic E-state index is 6.33. The van der Waals surface area contributed by atoms with Crippen molar-refractivity contribution >= 4 is 0 Å². The van der Waals surface area contributed by atoms with E-state index < -0.39 is 0 Å². The SMILES string of the molecule is C/C=C(\CN)C1CCC(/C(=C/CC(C)C2=C3C=CC=CC3C(C/C=C\CCN)CC2)CNC2C=CC3CCC=CC3C2)C2CCCCC12. The van der Waals surface area contributed by atoms with Gasteiger partial charge >= 0.3 is 0 Å². The lowest BCUT2D eigenvalue weighted by Crippen LogP contribution is -2.42. The second-order valence-corrected chi connectivity index (χ2v) is 16.2. The highest BCUT2D eigenvalue weighted by atomic mass is 14.9. The Balaban J connectivity index is 1.21. The van der Waals surface area contributed by atoms with Crippen molar-refractivity contribution in [2.24, 2.45) is 64.7 Å². The minimum Gasteiger partial charge on any atom is -0.330 e. The van der Waals surface area contributed by atoms with Crippen LogP contribution in [0.1, 0.15) is 104 Å². The predicted molar refractivity (Wildman–Crippen MR) is 206 cm³/mol. The Kier molecular flexibility index (Phi) is 13.1. The van der Waals surface area contributed by atoms with Crippen molar-refractivity contribution in [3.05, 3.63) is 95.2 Å². The van der Waals surface area contributed by atoms with Crippen molar-refractivity contribution in [1.82, 2.24) is 5.32 Å². The van der Waals surface area contributed by atoms with Gasteiger partial charge in [0.25, 0.3) is 0 Å². The summed E-state index contributed by atoms with van der Waals surface area (Å²) in [6.45, 7) is 7.26. The van der Waals surface area contributed by atoms with E-state index >= 15 is 0 Å². The van der Waals surface area contributed by atoms with E-state index in [1.807, 2.05) is 0 Å². The molecule has 2 fully saturated rings. The first kappa shape index (κ1) is 35.6. The molecular weight excluding hydrogens is 583 g/mol. The summed E-state index contributed by atoms with van der Waals surface area (Å²) in [5, 5.41) is 4.12. The molecule has 3 heteroatoms. The van der Waals surface area contributed by atoms with Gasteiger partial charge in [0.05, 0.1) is 0 Å². The Bertz CT molecular complexity index is 1300. The maximum absolute atomic E-state index is 6.33. The van der Waals surface area contributed by atoms with Gasteiger partial charge in [0.1, 0.15) is 0 Å². The Hall–Kier alpha value is -2.20. The minimum absolute atomic E-state index is 0.485. The highest BCUT2D eigenvalue weighted by molar-refractivity contribution is 5.40. The van der Waals surface area contributed by atoms with Crippen LogP contribution in [0.25, 0.3) is 0 Å². The molecule has 0 saturated heterocycles. The number of fused-ring (bicyclic) bond motifs is 3. The van der Waals surface area contributed by atoms with Crippen LogP contribution in [0.3, 0.4) is 0 Å². The van der Waals surface area contributed by atoms with Crippen LogP contribution in [0.15, 0.2) is 95.2 Å². The van der Waals surface area contributed by atoms with Crippen LogP contribution in [-0.4, -0.2) is 25.7 Å². The lowest BCUT2D eigenvalue weighted by Gasteiger charge is -2.48. The third-order valence-electron chi connectivity index (χ3n) is 13.5. The fraction of sp³-hybridized carbons (Fsp3) is 0.644. The summed E-state index contributed by atoms with van der Waals surface area (Å²) in [7, 11) is 0. The quantitative estimate of drug-likeness (QED) is 0.174. The fourth-order valence-corrected chi connectivity index (χ4v) is 10.9. The van der Waals surface area contributed by atoms with E-state index in [0.29, 0.717) is 41.5 Å². The zero-order valence-corrected chi connectivity index (χ0v) is 30.4. The van der Waals surface area contributed by atoms with Crippen molar-refractivity contribution in [2.45, 2.75) is 110 Å². The van der Waals surface area contributed by atoms with Crippen LogP contribution >= 0.6 is 0 Å². The number of rotatable bonds is 13. The number of hydrogen-bond acceptors (Lipinski definition) is 3. The van der Waals surface area contributed by atoms with E-state index in [-0.39, 0.29) is 0 Å². The van der Waals surface area contributed by atoms with Crippen molar-refractivity contribution in [3.8, 4) is 0 Å². The average Bonchev–Trinajstić information content (AvgIpc) is 3.14. The van der Waals surface area contributed by atoms with E-state index in [0.717, 1.165) is 50.2 Å². The van der Waals surface area contributed by atoms with Crippen molar-refractivity contribution < 1.29 is 0 Å². The van der Waals surface area contributed by atoms with E-state index in [1.165, 1.54) is 82.6 Å². The first-order chi connectivity index (χ1) is 23.6. The largest absolute Gasteiger partial charge is 0.330 e. The molecule has 0 radical (unpaired) electrons. The molecule has 10 unspecified atom stereocenters. The maximum Gasteiger partial charge on any atom is 0.0258 e. The first-order valence-electron chi connectivity index (χ1n) is 20.2. The Morgan fingerprint density at radius 3 is 2.48 bits per heavy atom. The zero-order valence-electron chi connectivity index (χ0n) is 30.4. The van der Waals surface area contributed by atoms with Gasteiger partial charge in [0, 0.05) is 25.0 Å². The standard InChI is InChI=1S/C45H67N3/c1-3-33(30-47)41-26-27-42(45-19-11-10-18-44(41)45)37(31-48-38-24-22-34-13-6-7-15-36(34)29-38)21-20-32(2)39-25-23-35(14-5-4-12-28-46)40-16-8-9-17-43(39)40/h3-5,7-9,15-17,21-22,24,32,34-36,38,40-42,44-45,48H,6,10-14,18-20,23,25-31,46-47H2,1-2H3/b5-4-,33-3+,37-21+.